The number of fused-ring (bicyclic) bond motifs is 1. The molecule has 12 heavy (non-hydrogen) atoms. The molecule has 0 fully saturated rings. The molecular weight excluding hydrogens is 151 g/mol. The van der Waals surface area contributed by atoms with Crippen LogP contribution in [0.4, 0.5) is 0 Å². The van der Waals surface area contributed by atoms with Crippen LogP contribution in [0.2, 0.25) is 6.82 Å². The van der Waals surface area contributed by atoms with Gasteiger partial charge in [0, 0.05) is 0 Å². The normalized spacial score (nSPS) is 12.1. The molecule has 0 N–H and O–H groups in total. The molecule has 0 atom stereocenters. The van der Waals surface area contributed by atoms with Crippen molar-refractivity contribution >= 4 is 7.12 Å². The molecule has 0 aromatic heterocycles. The van der Waals surface area contributed by atoms with Gasteiger partial charge < -0.3 is 9.31 Å². The van der Waals surface area contributed by atoms with Crippen molar-refractivity contribution in [3.05, 3.63) is 24.3 Å². The summed E-state index contributed by atoms with van der Waals surface area (Å²) in [7, 11) is -0.127. The van der Waals surface area contributed by atoms with E-state index in [1.807, 2.05) is 44.9 Å². The lowest BCUT2D eigenvalue weighted by atomic mass is 9.97. The molecule has 1 aromatic carbocycles. The Morgan fingerprint density at radius 3 is 1.83 bits per heavy atom. The summed E-state index contributed by atoms with van der Waals surface area (Å²) in [6.45, 7) is 5.88. The molecule has 2 rings (SSSR count). The van der Waals surface area contributed by atoms with E-state index in [1.54, 1.807) is 0 Å². The van der Waals surface area contributed by atoms with Gasteiger partial charge in [0.05, 0.1) is 0 Å². The molecule has 3 heteroatoms. The molecule has 0 unspecified atom stereocenters. The highest BCUT2D eigenvalue weighted by atomic mass is 16.6. The largest absolute Gasteiger partial charge is 0.591 e. The summed E-state index contributed by atoms with van der Waals surface area (Å²) < 4.78 is 10.6. The first kappa shape index (κ1) is 8.98. The van der Waals surface area contributed by atoms with Crippen molar-refractivity contribution in [3.63, 3.8) is 0 Å². The van der Waals surface area contributed by atoms with Crippen molar-refractivity contribution < 1.29 is 9.31 Å². The number of para-hydroxylation sites is 2. The van der Waals surface area contributed by atoms with Crippen molar-refractivity contribution in [3.8, 4) is 11.5 Å². The molecule has 0 spiro atoms. The molecule has 2 nitrogen and oxygen atoms in total. The minimum absolute atomic E-state index is 0.127. The van der Waals surface area contributed by atoms with E-state index < -0.39 is 0 Å². The van der Waals surface area contributed by atoms with Gasteiger partial charge in [-0.1, -0.05) is 26.0 Å². The van der Waals surface area contributed by atoms with Gasteiger partial charge in [-0.3, -0.25) is 0 Å². The van der Waals surface area contributed by atoms with E-state index in [4.69, 9.17) is 9.31 Å². The van der Waals surface area contributed by atoms with E-state index in [0.717, 1.165) is 11.5 Å². The zero-order chi connectivity index (χ0) is 8.97. The van der Waals surface area contributed by atoms with Gasteiger partial charge in [-0.05, 0) is 19.0 Å². The third-order valence-corrected chi connectivity index (χ3v) is 1.44. The third kappa shape index (κ3) is 1.73. The molecule has 1 heterocycles. The van der Waals surface area contributed by atoms with Gasteiger partial charge in [-0.25, -0.2) is 0 Å². The van der Waals surface area contributed by atoms with Crippen molar-refractivity contribution in [1.82, 2.24) is 0 Å². The predicted molar refractivity (Wildman–Crippen MR) is 50.7 cm³/mol. The van der Waals surface area contributed by atoms with Crippen molar-refractivity contribution in [2.45, 2.75) is 20.7 Å². The molecule has 1 aromatic rings. The second-order valence-electron chi connectivity index (χ2n) is 2.25. The van der Waals surface area contributed by atoms with Crippen LogP contribution < -0.4 is 9.31 Å². The van der Waals surface area contributed by atoms with Crippen LogP contribution in [-0.4, -0.2) is 7.12 Å². The van der Waals surface area contributed by atoms with Crippen molar-refractivity contribution in [2.24, 2.45) is 0 Å². The topological polar surface area (TPSA) is 18.5 Å². The summed E-state index contributed by atoms with van der Waals surface area (Å²) in [5.41, 5.74) is 0. The molecule has 0 amide bonds. The predicted octanol–water partition coefficient (Wildman–Crippen LogP) is 2.60. The number of benzene rings is 1. The first-order valence-electron chi connectivity index (χ1n) is 4.28. The number of hydrogen-bond donors (Lipinski definition) is 0. The fourth-order valence-electron chi connectivity index (χ4n) is 1.03. The van der Waals surface area contributed by atoms with Gasteiger partial charge in [0.2, 0.25) is 0 Å². The van der Waals surface area contributed by atoms with Gasteiger partial charge in [0.15, 0.2) is 0 Å². The van der Waals surface area contributed by atoms with Crippen molar-refractivity contribution in [1.29, 1.82) is 0 Å². The molecule has 0 saturated heterocycles. The monoisotopic (exact) mass is 164 g/mol. The molecule has 1 aliphatic heterocycles. The quantitative estimate of drug-likeness (QED) is 0.548. The average Bonchev–Trinajstić information content (AvgIpc) is 2.48. The Balaban J connectivity index is 0.000000336. The van der Waals surface area contributed by atoms with E-state index in [2.05, 4.69) is 0 Å². The van der Waals surface area contributed by atoms with Crippen molar-refractivity contribution in [2.75, 3.05) is 0 Å². The van der Waals surface area contributed by atoms with E-state index >= 15 is 0 Å². The van der Waals surface area contributed by atoms with Gasteiger partial charge in [0.25, 0.3) is 0 Å². The lowest BCUT2D eigenvalue weighted by Crippen LogP contribution is -2.18. The average molecular weight is 164 g/mol. The third-order valence-electron chi connectivity index (χ3n) is 1.44. The first-order valence-corrected chi connectivity index (χ1v) is 4.28. The van der Waals surface area contributed by atoms with Gasteiger partial charge >= 0.3 is 7.12 Å². The lowest BCUT2D eigenvalue weighted by Gasteiger charge is -1.93. The van der Waals surface area contributed by atoms with Gasteiger partial charge in [-0.15, -0.1) is 0 Å². The summed E-state index contributed by atoms with van der Waals surface area (Å²) in [5, 5.41) is 0. The summed E-state index contributed by atoms with van der Waals surface area (Å²) in [4.78, 5) is 0. The van der Waals surface area contributed by atoms with Crippen LogP contribution in [-0.2, 0) is 0 Å². The maximum Gasteiger partial charge on any atom is 0.591 e. The minimum atomic E-state index is -0.127. The Morgan fingerprint density at radius 2 is 1.42 bits per heavy atom. The molecular formula is C9H13BO2. The zero-order valence-corrected chi connectivity index (χ0v) is 7.70. The number of rotatable bonds is 0. The molecule has 0 aliphatic carbocycles. The molecule has 1 aliphatic rings. The highest BCUT2D eigenvalue weighted by molar-refractivity contribution is 6.45. The number of hydrogen-bond acceptors (Lipinski definition) is 2. The van der Waals surface area contributed by atoms with Crippen LogP contribution in [0, 0.1) is 0 Å². The fraction of sp³-hybridized carbons (Fsp3) is 0.333. The Bertz CT molecular complexity index is 225. The van der Waals surface area contributed by atoms with Crippen LogP contribution in [0.5, 0.6) is 11.5 Å². The first-order chi connectivity index (χ1) is 5.86. The Hall–Kier alpha value is -1.12. The van der Waals surface area contributed by atoms with E-state index in [0.29, 0.717) is 0 Å². The summed E-state index contributed by atoms with van der Waals surface area (Å²) in [6, 6.07) is 7.66. The second-order valence-corrected chi connectivity index (χ2v) is 2.25. The van der Waals surface area contributed by atoms with Crippen LogP contribution in [0.3, 0.4) is 0 Å². The highest BCUT2D eigenvalue weighted by Crippen LogP contribution is 2.32. The lowest BCUT2D eigenvalue weighted by molar-refractivity contribution is 0.510. The van der Waals surface area contributed by atoms with Gasteiger partial charge in [0.1, 0.15) is 11.5 Å². The fourth-order valence-corrected chi connectivity index (χ4v) is 1.03. The van der Waals surface area contributed by atoms with E-state index in [1.165, 1.54) is 0 Å². The Labute approximate surface area is 73.6 Å². The SMILES string of the molecule is CB1Oc2ccccc2O1.CC. The maximum absolute atomic E-state index is 5.28. The second kappa shape index (κ2) is 4.05. The Morgan fingerprint density at radius 1 is 1.00 bits per heavy atom. The maximum atomic E-state index is 5.28. The molecule has 64 valence electrons. The molecule has 0 bridgehead atoms. The summed E-state index contributed by atoms with van der Waals surface area (Å²) >= 11 is 0. The summed E-state index contributed by atoms with van der Waals surface area (Å²) in [5.74, 6) is 1.69. The smallest absolute Gasteiger partial charge is 0.523 e. The Kier molecular flexibility index (Phi) is 3.03. The molecule has 0 radical (unpaired) electrons. The minimum Gasteiger partial charge on any atom is -0.523 e. The zero-order valence-electron chi connectivity index (χ0n) is 7.70. The highest BCUT2D eigenvalue weighted by Gasteiger charge is 2.24. The van der Waals surface area contributed by atoms with Crippen LogP contribution in [0.1, 0.15) is 13.8 Å². The van der Waals surface area contributed by atoms with E-state index in [9.17, 15) is 0 Å². The van der Waals surface area contributed by atoms with E-state index in [-0.39, 0.29) is 7.12 Å². The summed E-state index contributed by atoms with van der Waals surface area (Å²) in [6.07, 6.45) is 0. The standard InChI is InChI=1S/C7H7BO2.C2H6/c1-8-9-6-4-2-3-5-7(6)10-8;1-2/h2-5H,1H3;1-2H3. The van der Waals surface area contributed by atoms with Crippen LogP contribution in [0.15, 0.2) is 24.3 Å². The van der Waals surface area contributed by atoms with Gasteiger partial charge in [-0.2, -0.15) is 0 Å². The van der Waals surface area contributed by atoms with Crippen LogP contribution >= 0.6 is 0 Å². The van der Waals surface area contributed by atoms with Crippen LogP contribution in [0.25, 0.3) is 0 Å². The molecule has 0 saturated carbocycles.